The highest BCUT2D eigenvalue weighted by Gasteiger charge is 2.38. The molecule has 0 heterocycles. The van der Waals surface area contributed by atoms with E-state index in [-0.39, 0.29) is 11.1 Å². The minimum absolute atomic E-state index is 0.0580. The van der Waals surface area contributed by atoms with Gasteiger partial charge < -0.3 is 10.2 Å². The Labute approximate surface area is 80.9 Å². The van der Waals surface area contributed by atoms with E-state index in [0.29, 0.717) is 0 Å². The summed E-state index contributed by atoms with van der Waals surface area (Å²) >= 11 is 0. The smallest absolute Gasteiger partial charge is 0.335 e. The first kappa shape index (κ1) is 10.2. The van der Waals surface area contributed by atoms with Gasteiger partial charge in [-0.3, -0.25) is 4.79 Å². The van der Waals surface area contributed by atoms with Gasteiger partial charge in [-0.25, -0.2) is 4.79 Å². The van der Waals surface area contributed by atoms with Crippen molar-refractivity contribution in [2.24, 2.45) is 5.41 Å². The lowest BCUT2D eigenvalue weighted by molar-refractivity contribution is -0.143. The van der Waals surface area contributed by atoms with E-state index < -0.39 is 17.4 Å². The van der Waals surface area contributed by atoms with Gasteiger partial charge in [0, 0.05) is 0 Å². The van der Waals surface area contributed by atoms with Crippen molar-refractivity contribution < 1.29 is 19.8 Å². The molecule has 0 aromatic carbocycles. The van der Waals surface area contributed by atoms with Gasteiger partial charge >= 0.3 is 11.9 Å². The van der Waals surface area contributed by atoms with Gasteiger partial charge in [-0.1, -0.05) is 18.7 Å². The van der Waals surface area contributed by atoms with Crippen LogP contribution in [0.1, 0.15) is 6.92 Å². The second-order valence-electron chi connectivity index (χ2n) is 3.23. The molecule has 74 valence electrons. The molecule has 4 heteroatoms. The molecule has 0 aromatic heterocycles. The molecule has 14 heavy (non-hydrogen) atoms. The van der Waals surface area contributed by atoms with Gasteiger partial charge in [0.1, 0.15) is 5.41 Å². The van der Waals surface area contributed by atoms with Crippen LogP contribution >= 0.6 is 0 Å². The lowest BCUT2D eigenvalue weighted by Crippen LogP contribution is -2.31. The zero-order valence-electron chi connectivity index (χ0n) is 7.65. The minimum atomic E-state index is -1.32. The average Bonchev–Trinajstić information content (AvgIpc) is 2.09. The van der Waals surface area contributed by atoms with Crippen molar-refractivity contribution in [3.63, 3.8) is 0 Å². The van der Waals surface area contributed by atoms with E-state index in [2.05, 4.69) is 6.58 Å². The fourth-order valence-corrected chi connectivity index (χ4v) is 1.22. The summed E-state index contributed by atoms with van der Waals surface area (Å²) in [6.45, 7) is 4.93. The van der Waals surface area contributed by atoms with Crippen LogP contribution in [-0.2, 0) is 9.59 Å². The monoisotopic (exact) mass is 194 g/mol. The molecular weight excluding hydrogens is 184 g/mol. The minimum Gasteiger partial charge on any atom is -0.480 e. The first-order valence-electron chi connectivity index (χ1n) is 3.95. The van der Waals surface area contributed by atoms with E-state index in [1.807, 2.05) is 0 Å². The molecule has 0 aromatic rings. The first-order valence-corrected chi connectivity index (χ1v) is 3.95. The van der Waals surface area contributed by atoms with E-state index in [4.69, 9.17) is 10.2 Å². The van der Waals surface area contributed by atoms with E-state index in [1.54, 1.807) is 0 Å². The van der Waals surface area contributed by atoms with Crippen molar-refractivity contribution in [2.45, 2.75) is 6.92 Å². The van der Waals surface area contributed by atoms with Crippen LogP contribution in [-0.4, -0.2) is 22.2 Å². The first-order chi connectivity index (χ1) is 6.39. The summed E-state index contributed by atoms with van der Waals surface area (Å²) in [5.74, 6) is -2.27. The lowest BCUT2D eigenvalue weighted by Gasteiger charge is -2.26. The molecule has 0 aliphatic heterocycles. The standard InChI is InChI=1S/C10H10O4/c1-6-7(8(11)12)4-3-5-10(6,2)9(13)14/h3-5H,1H2,2H3,(H,11,12)(H,13,14). The zero-order valence-corrected chi connectivity index (χ0v) is 7.65. The van der Waals surface area contributed by atoms with Crippen LogP contribution < -0.4 is 0 Å². The Morgan fingerprint density at radius 1 is 1.43 bits per heavy atom. The Hall–Kier alpha value is -1.84. The van der Waals surface area contributed by atoms with Gasteiger partial charge in [0.05, 0.1) is 5.57 Å². The lowest BCUT2D eigenvalue weighted by atomic mass is 9.76. The average molecular weight is 194 g/mol. The molecule has 1 rings (SSSR count). The van der Waals surface area contributed by atoms with E-state index in [1.165, 1.54) is 25.2 Å². The summed E-state index contributed by atoms with van der Waals surface area (Å²) in [6, 6.07) is 0. The molecule has 1 aliphatic rings. The van der Waals surface area contributed by atoms with Crippen molar-refractivity contribution >= 4 is 11.9 Å². The van der Waals surface area contributed by atoms with Crippen molar-refractivity contribution in [3.8, 4) is 0 Å². The molecule has 2 N–H and O–H groups in total. The van der Waals surface area contributed by atoms with Crippen LogP contribution in [0, 0.1) is 5.41 Å². The van der Waals surface area contributed by atoms with Crippen LogP contribution in [0.15, 0.2) is 36.0 Å². The number of hydrogen-bond acceptors (Lipinski definition) is 2. The zero-order chi connectivity index (χ0) is 10.9. The van der Waals surface area contributed by atoms with Gasteiger partial charge in [0.25, 0.3) is 0 Å². The van der Waals surface area contributed by atoms with E-state index in [0.717, 1.165) is 0 Å². The highest BCUT2D eigenvalue weighted by Crippen LogP contribution is 2.35. The fraction of sp³-hybridized carbons (Fsp3) is 0.200. The van der Waals surface area contributed by atoms with Crippen molar-refractivity contribution in [1.29, 1.82) is 0 Å². The number of allylic oxidation sites excluding steroid dienone is 2. The Bertz CT molecular complexity index is 376. The Kier molecular flexibility index (Phi) is 2.30. The van der Waals surface area contributed by atoms with Crippen LogP contribution in [0.2, 0.25) is 0 Å². The summed E-state index contributed by atoms with van der Waals surface area (Å²) in [5.41, 5.74) is -1.28. The third-order valence-corrected chi connectivity index (χ3v) is 2.32. The quantitative estimate of drug-likeness (QED) is 0.692. The second kappa shape index (κ2) is 3.14. The molecule has 0 spiro atoms. The summed E-state index contributed by atoms with van der Waals surface area (Å²) in [6.07, 6.45) is 4.19. The maximum Gasteiger partial charge on any atom is 0.335 e. The summed E-state index contributed by atoms with van der Waals surface area (Å²) in [7, 11) is 0. The molecular formula is C10H10O4. The Morgan fingerprint density at radius 3 is 2.43 bits per heavy atom. The second-order valence-corrected chi connectivity index (χ2v) is 3.23. The number of carbonyl (C=O) groups is 2. The summed E-state index contributed by atoms with van der Waals surface area (Å²) in [5, 5.41) is 17.7. The number of carboxylic acids is 2. The molecule has 0 fully saturated rings. The maximum atomic E-state index is 10.9. The Balaban J connectivity index is 3.19. The van der Waals surface area contributed by atoms with Crippen LogP contribution in [0.5, 0.6) is 0 Å². The number of carboxylic acid groups (broad SMARTS) is 2. The third-order valence-electron chi connectivity index (χ3n) is 2.32. The molecule has 0 amide bonds. The topological polar surface area (TPSA) is 74.6 Å². The normalized spacial score (nSPS) is 25.8. The van der Waals surface area contributed by atoms with Crippen LogP contribution in [0.25, 0.3) is 0 Å². The molecule has 1 aliphatic carbocycles. The van der Waals surface area contributed by atoms with Crippen molar-refractivity contribution in [2.75, 3.05) is 0 Å². The van der Waals surface area contributed by atoms with Gasteiger partial charge in [-0.15, -0.1) is 0 Å². The van der Waals surface area contributed by atoms with Gasteiger partial charge in [-0.2, -0.15) is 0 Å². The molecule has 4 nitrogen and oxygen atoms in total. The molecule has 0 bridgehead atoms. The van der Waals surface area contributed by atoms with Crippen LogP contribution in [0.3, 0.4) is 0 Å². The van der Waals surface area contributed by atoms with Gasteiger partial charge in [0.2, 0.25) is 0 Å². The molecule has 0 saturated heterocycles. The molecule has 1 unspecified atom stereocenters. The number of hydrogen-bond donors (Lipinski definition) is 2. The maximum absolute atomic E-state index is 10.9. The van der Waals surface area contributed by atoms with Crippen molar-refractivity contribution in [1.82, 2.24) is 0 Å². The molecule has 0 radical (unpaired) electrons. The predicted octanol–water partition coefficient (Wildman–Crippen LogP) is 1.21. The fourth-order valence-electron chi connectivity index (χ4n) is 1.22. The third kappa shape index (κ3) is 1.35. The predicted molar refractivity (Wildman–Crippen MR) is 49.7 cm³/mol. The molecule has 1 atom stereocenters. The largest absolute Gasteiger partial charge is 0.480 e. The highest BCUT2D eigenvalue weighted by atomic mass is 16.4. The number of aliphatic carboxylic acids is 2. The summed E-state index contributed by atoms with van der Waals surface area (Å²) < 4.78 is 0. The summed E-state index contributed by atoms with van der Waals surface area (Å²) in [4.78, 5) is 21.6. The highest BCUT2D eigenvalue weighted by molar-refractivity contribution is 5.97. The SMILES string of the molecule is C=C1C(C(=O)O)=CC=CC1(C)C(=O)O. The van der Waals surface area contributed by atoms with Gasteiger partial charge in [0.15, 0.2) is 0 Å². The Morgan fingerprint density at radius 2 is 2.00 bits per heavy atom. The van der Waals surface area contributed by atoms with Crippen LogP contribution in [0.4, 0.5) is 0 Å². The molecule has 0 saturated carbocycles. The number of rotatable bonds is 2. The van der Waals surface area contributed by atoms with E-state index in [9.17, 15) is 9.59 Å². The van der Waals surface area contributed by atoms with Crippen molar-refractivity contribution in [3.05, 3.63) is 36.0 Å². The van der Waals surface area contributed by atoms with E-state index >= 15 is 0 Å². The van der Waals surface area contributed by atoms with Gasteiger partial charge in [-0.05, 0) is 18.6 Å².